The summed E-state index contributed by atoms with van der Waals surface area (Å²) in [6.45, 7) is 6.39. The second-order valence-electron chi connectivity index (χ2n) is 13.4. The van der Waals surface area contributed by atoms with Crippen LogP contribution in [0.15, 0.2) is 193 Å². The maximum absolute atomic E-state index is 6.49. The summed E-state index contributed by atoms with van der Waals surface area (Å²) < 4.78 is 17.2. The maximum Gasteiger partial charge on any atom is 0.248 e. The van der Waals surface area contributed by atoms with Gasteiger partial charge >= 0.3 is 0 Å². The molecule has 0 spiro atoms. The second-order valence-corrected chi connectivity index (χ2v) is 13.4. The molecule has 0 amide bonds. The van der Waals surface area contributed by atoms with Crippen LogP contribution >= 0.6 is 0 Å². The summed E-state index contributed by atoms with van der Waals surface area (Å²) >= 11 is 0. The van der Waals surface area contributed by atoms with Crippen LogP contribution in [0.2, 0.25) is 0 Å². The highest BCUT2D eigenvalue weighted by Gasteiger charge is 2.19. The maximum atomic E-state index is 6.49. The lowest BCUT2D eigenvalue weighted by Crippen LogP contribution is -2.00. The van der Waals surface area contributed by atoms with Gasteiger partial charge in [-0.15, -0.1) is 10.2 Å². The van der Waals surface area contributed by atoms with E-state index in [4.69, 9.17) is 9.15 Å². The lowest BCUT2D eigenvalue weighted by Gasteiger charge is -2.14. The van der Waals surface area contributed by atoms with E-state index in [-0.39, 0.29) is 0 Å². The first kappa shape index (κ1) is 33.6. The topological polar surface area (TPSA) is 58.0 Å². The molecule has 0 aliphatic heterocycles. The standard InChI is InChI=1S/C49H38N4O2/c1-3-17-34(4-2)18-6-5-15-29-54-39-20-16-19-35(32-39)48-50-51-49(55-48)36-30-37(52-44-25-11-7-21-40(44)41-22-8-12-26-45(41)52)33-38(31-36)53-46-27-13-9-23-42(46)43-24-10-14-28-47(43)53/h3-14,16-28,30-33H,2,15,29H2,1H3. The van der Waals surface area contributed by atoms with Crippen LogP contribution in [-0.2, 0) is 0 Å². The van der Waals surface area contributed by atoms with Gasteiger partial charge in [0.1, 0.15) is 5.75 Å². The van der Waals surface area contributed by atoms with Crippen LogP contribution < -0.4 is 4.74 Å². The summed E-state index contributed by atoms with van der Waals surface area (Å²) in [5.74, 6) is 1.59. The largest absolute Gasteiger partial charge is 0.493 e. The Hall–Kier alpha value is -7.18. The molecule has 0 atom stereocenters. The van der Waals surface area contributed by atoms with Crippen molar-refractivity contribution < 1.29 is 9.15 Å². The Morgan fingerprint density at radius 1 is 0.636 bits per heavy atom. The minimum atomic E-state index is 0.423. The quantitative estimate of drug-likeness (QED) is 0.0988. The average molecular weight is 715 g/mol. The third-order valence-corrected chi connectivity index (χ3v) is 9.90. The highest BCUT2D eigenvalue weighted by Crippen LogP contribution is 2.38. The van der Waals surface area contributed by atoms with Gasteiger partial charge in [0.05, 0.1) is 28.7 Å². The first-order valence-corrected chi connectivity index (χ1v) is 18.5. The molecule has 9 aromatic rings. The molecule has 0 N–H and O–H groups in total. The lowest BCUT2D eigenvalue weighted by molar-refractivity contribution is 0.325. The molecule has 0 aliphatic rings. The van der Waals surface area contributed by atoms with Crippen molar-refractivity contribution in [2.24, 2.45) is 0 Å². The summed E-state index contributed by atoms with van der Waals surface area (Å²) in [5.41, 5.74) is 9.16. The van der Waals surface area contributed by atoms with Crippen molar-refractivity contribution in [3.05, 3.63) is 188 Å². The Bertz CT molecular complexity index is 2710. The van der Waals surface area contributed by atoms with E-state index < -0.39 is 0 Å². The molecule has 0 saturated carbocycles. The number of allylic oxidation sites excluding steroid dienone is 6. The SMILES string of the molecule is C=CC(C=CC)=CC=CCCOc1cccc(-c2nnc(-c3cc(-n4c5ccccc5c5ccccc54)cc(-n4c5ccccc5c5ccccc54)c3)o2)c1. The highest BCUT2D eigenvalue weighted by molar-refractivity contribution is 6.10. The number of benzene rings is 6. The predicted octanol–water partition coefficient (Wildman–Crippen LogP) is 12.6. The van der Waals surface area contributed by atoms with Crippen LogP contribution in [-0.4, -0.2) is 25.9 Å². The van der Waals surface area contributed by atoms with Crippen LogP contribution in [0.25, 0.3) is 77.9 Å². The van der Waals surface area contributed by atoms with Gasteiger partial charge in [-0.05, 0) is 79.6 Å². The van der Waals surface area contributed by atoms with E-state index in [1.165, 1.54) is 21.5 Å². The van der Waals surface area contributed by atoms with Crippen molar-refractivity contribution >= 4 is 43.6 Å². The first-order valence-electron chi connectivity index (χ1n) is 18.5. The molecule has 0 saturated heterocycles. The van der Waals surface area contributed by atoms with E-state index in [0.717, 1.165) is 62.3 Å². The number of aromatic nitrogens is 4. The van der Waals surface area contributed by atoms with Crippen molar-refractivity contribution in [1.29, 1.82) is 0 Å². The third kappa shape index (κ3) is 6.34. The van der Waals surface area contributed by atoms with E-state index in [0.29, 0.717) is 18.4 Å². The molecule has 0 radical (unpaired) electrons. The van der Waals surface area contributed by atoms with Crippen molar-refractivity contribution in [1.82, 2.24) is 19.3 Å². The molecule has 9 rings (SSSR count). The van der Waals surface area contributed by atoms with Gasteiger partial charge in [0, 0.05) is 44.0 Å². The van der Waals surface area contributed by atoms with Crippen LogP contribution in [0.1, 0.15) is 13.3 Å². The molecule has 0 bridgehead atoms. The molecule has 0 fully saturated rings. The Labute approximate surface area is 319 Å². The van der Waals surface area contributed by atoms with Crippen molar-refractivity contribution in [2.75, 3.05) is 6.61 Å². The number of ether oxygens (including phenoxy) is 1. The molecule has 266 valence electrons. The van der Waals surface area contributed by atoms with Gasteiger partial charge in [-0.25, -0.2) is 0 Å². The van der Waals surface area contributed by atoms with E-state index >= 15 is 0 Å². The fourth-order valence-corrected chi connectivity index (χ4v) is 7.46. The van der Waals surface area contributed by atoms with Gasteiger partial charge < -0.3 is 18.3 Å². The van der Waals surface area contributed by atoms with Crippen LogP contribution in [0.3, 0.4) is 0 Å². The van der Waals surface area contributed by atoms with Gasteiger partial charge in [-0.2, -0.15) is 0 Å². The second kappa shape index (κ2) is 14.7. The molecule has 0 aliphatic carbocycles. The fourth-order valence-electron chi connectivity index (χ4n) is 7.46. The lowest BCUT2D eigenvalue weighted by atomic mass is 10.1. The molecule has 0 unspecified atom stereocenters. The Morgan fingerprint density at radius 2 is 1.16 bits per heavy atom. The smallest absolute Gasteiger partial charge is 0.248 e. The Balaban J connectivity index is 1.12. The van der Waals surface area contributed by atoms with Gasteiger partial charge in [0.25, 0.3) is 0 Å². The molecule has 3 heterocycles. The first-order chi connectivity index (χ1) is 27.2. The normalized spacial score (nSPS) is 12.3. The zero-order valence-electron chi connectivity index (χ0n) is 30.5. The fraction of sp³-hybridized carbons (Fsp3) is 0.0612. The molecular formula is C49H38N4O2. The number of para-hydroxylation sites is 4. The van der Waals surface area contributed by atoms with Crippen LogP contribution in [0.4, 0.5) is 0 Å². The van der Waals surface area contributed by atoms with Crippen molar-refractivity contribution in [2.45, 2.75) is 13.3 Å². The van der Waals surface area contributed by atoms with Crippen molar-refractivity contribution in [3.8, 4) is 40.0 Å². The average Bonchev–Trinajstić information content (AvgIpc) is 3.95. The summed E-state index contributed by atoms with van der Waals surface area (Å²) in [5, 5.41) is 13.9. The number of fused-ring (bicyclic) bond motifs is 6. The van der Waals surface area contributed by atoms with Gasteiger partial charge in [0.15, 0.2) is 0 Å². The summed E-state index contributed by atoms with van der Waals surface area (Å²) in [6, 6.07) is 48.6. The molecule has 55 heavy (non-hydrogen) atoms. The van der Waals surface area contributed by atoms with E-state index in [1.54, 1.807) is 0 Å². The van der Waals surface area contributed by atoms with Crippen LogP contribution in [0, 0.1) is 0 Å². The molecular weight excluding hydrogens is 677 g/mol. The molecule has 6 heteroatoms. The monoisotopic (exact) mass is 714 g/mol. The number of rotatable bonds is 11. The number of hydrogen-bond acceptors (Lipinski definition) is 4. The number of hydrogen-bond donors (Lipinski definition) is 0. The molecule has 6 aromatic carbocycles. The summed E-state index contributed by atoms with van der Waals surface area (Å²) in [7, 11) is 0. The Morgan fingerprint density at radius 3 is 1.69 bits per heavy atom. The third-order valence-electron chi connectivity index (χ3n) is 9.90. The minimum absolute atomic E-state index is 0.423. The van der Waals surface area contributed by atoms with E-state index in [9.17, 15) is 0 Å². The minimum Gasteiger partial charge on any atom is -0.493 e. The summed E-state index contributed by atoms with van der Waals surface area (Å²) in [4.78, 5) is 0. The van der Waals surface area contributed by atoms with E-state index in [1.807, 2.05) is 61.6 Å². The highest BCUT2D eigenvalue weighted by atomic mass is 16.5. The molecule has 3 aromatic heterocycles. The summed E-state index contributed by atoms with van der Waals surface area (Å²) in [6.07, 6.45) is 12.8. The number of nitrogens with zero attached hydrogens (tertiary/aromatic N) is 4. The zero-order valence-corrected chi connectivity index (χ0v) is 30.5. The molecule has 6 nitrogen and oxygen atoms in total. The zero-order chi connectivity index (χ0) is 37.1. The predicted molar refractivity (Wildman–Crippen MR) is 226 cm³/mol. The van der Waals surface area contributed by atoms with Crippen LogP contribution in [0.5, 0.6) is 5.75 Å². The Kier molecular flexibility index (Phi) is 8.98. The van der Waals surface area contributed by atoms with Crippen molar-refractivity contribution in [3.63, 3.8) is 0 Å². The van der Waals surface area contributed by atoms with Gasteiger partial charge in [-0.1, -0.05) is 122 Å². The van der Waals surface area contributed by atoms with Gasteiger partial charge in [0.2, 0.25) is 11.8 Å². The van der Waals surface area contributed by atoms with Gasteiger partial charge in [-0.3, -0.25) is 0 Å². The van der Waals surface area contributed by atoms with E-state index in [2.05, 4.69) is 147 Å².